The van der Waals surface area contributed by atoms with Crippen molar-refractivity contribution in [3.05, 3.63) is 29.8 Å². The molecule has 1 aliphatic carbocycles. The van der Waals surface area contributed by atoms with Gasteiger partial charge in [-0.25, -0.2) is 0 Å². The van der Waals surface area contributed by atoms with Gasteiger partial charge in [0, 0.05) is 37.9 Å². The van der Waals surface area contributed by atoms with Gasteiger partial charge in [0.05, 0.1) is 0 Å². The molecule has 0 spiro atoms. The van der Waals surface area contributed by atoms with Crippen molar-refractivity contribution >= 4 is 5.69 Å². The Labute approximate surface area is 129 Å². The zero-order valence-corrected chi connectivity index (χ0v) is 13.7. The van der Waals surface area contributed by atoms with Crippen LogP contribution in [0.5, 0.6) is 0 Å². The van der Waals surface area contributed by atoms with E-state index in [1.807, 2.05) is 0 Å². The summed E-state index contributed by atoms with van der Waals surface area (Å²) in [7, 11) is 4.18. The molecule has 0 aromatic heterocycles. The molecular weight excluding hydrogens is 258 g/mol. The van der Waals surface area contributed by atoms with Crippen molar-refractivity contribution in [2.75, 3.05) is 32.1 Å². The molecular formula is C18H29N3. The maximum Gasteiger partial charge on any atom is 0.0361 e. The molecule has 1 aromatic carbocycles. The average Bonchev–Trinajstić information content (AvgIpc) is 3.33. The fourth-order valence-electron chi connectivity index (χ4n) is 3.38. The Morgan fingerprint density at radius 1 is 1.05 bits per heavy atom. The third kappa shape index (κ3) is 3.78. The molecule has 2 fully saturated rings. The molecule has 1 unspecified atom stereocenters. The second kappa shape index (κ2) is 6.37. The zero-order chi connectivity index (χ0) is 14.8. The summed E-state index contributed by atoms with van der Waals surface area (Å²) < 4.78 is 0. The van der Waals surface area contributed by atoms with Crippen LogP contribution in [0.3, 0.4) is 0 Å². The Balaban J connectivity index is 1.50. The molecule has 21 heavy (non-hydrogen) atoms. The summed E-state index contributed by atoms with van der Waals surface area (Å²) >= 11 is 0. The predicted molar refractivity (Wildman–Crippen MR) is 89.9 cm³/mol. The van der Waals surface area contributed by atoms with E-state index in [0.29, 0.717) is 12.1 Å². The molecule has 3 heteroatoms. The molecule has 1 atom stereocenters. The van der Waals surface area contributed by atoms with E-state index in [1.165, 1.54) is 50.0 Å². The van der Waals surface area contributed by atoms with E-state index in [-0.39, 0.29) is 0 Å². The molecule has 0 bridgehead atoms. The molecule has 3 nitrogen and oxygen atoms in total. The van der Waals surface area contributed by atoms with Gasteiger partial charge in [0.15, 0.2) is 0 Å². The van der Waals surface area contributed by atoms with Crippen LogP contribution in [-0.2, 0) is 0 Å². The molecule has 0 radical (unpaired) electrons. The summed E-state index contributed by atoms with van der Waals surface area (Å²) in [6.07, 6.45) is 5.48. The Bertz CT molecular complexity index is 442. The maximum absolute atomic E-state index is 3.82. The first-order chi connectivity index (χ1) is 10.1. The number of likely N-dealkylation sites (tertiary alicyclic amines) is 1. The molecule has 1 saturated carbocycles. The first-order valence-corrected chi connectivity index (χ1v) is 8.41. The minimum atomic E-state index is 0.443. The van der Waals surface area contributed by atoms with E-state index >= 15 is 0 Å². The number of piperidine rings is 1. The lowest BCUT2D eigenvalue weighted by Gasteiger charge is -2.34. The van der Waals surface area contributed by atoms with Crippen molar-refractivity contribution in [2.45, 2.75) is 50.7 Å². The Kier molecular flexibility index (Phi) is 4.51. The number of anilines is 1. The topological polar surface area (TPSA) is 18.5 Å². The van der Waals surface area contributed by atoms with Gasteiger partial charge < -0.3 is 15.1 Å². The predicted octanol–water partition coefficient (Wildman–Crippen LogP) is 3.03. The van der Waals surface area contributed by atoms with E-state index in [2.05, 4.69) is 60.4 Å². The third-order valence-corrected chi connectivity index (χ3v) is 4.99. The van der Waals surface area contributed by atoms with Gasteiger partial charge in [-0.05, 0) is 63.4 Å². The van der Waals surface area contributed by atoms with Gasteiger partial charge >= 0.3 is 0 Å². The van der Waals surface area contributed by atoms with Crippen LogP contribution < -0.4 is 10.2 Å². The summed E-state index contributed by atoms with van der Waals surface area (Å²) in [5.41, 5.74) is 2.66. The van der Waals surface area contributed by atoms with E-state index in [9.17, 15) is 0 Å². The number of hydrogen-bond acceptors (Lipinski definition) is 3. The van der Waals surface area contributed by atoms with Gasteiger partial charge in [0.1, 0.15) is 0 Å². The van der Waals surface area contributed by atoms with E-state index in [0.717, 1.165) is 6.04 Å². The molecule has 2 aliphatic rings. The highest BCUT2D eigenvalue weighted by atomic mass is 15.2. The highest BCUT2D eigenvalue weighted by Gasteiger charge is 2.31. The second-order valence-corrected chi connectivity index (χ2v) is 6.92. The average molecular weight is 287 g/mol. The second-order valence-electron chi connectivity index (χ2n) is 6.92. The smallest absolute Gasteiger partial charge is 0.0361 e. The quantitative estimate of drug-likeness (QED) is 0.898. The summed E-state index contributed by atoms with van der Waals surface area (Å²) in [6, 6.07) is 11.0. The maximum atomic E-state index is 3.82. The van der Waals surface area contributed by atoms with Crippen LogP contribution in [0.2, 0.25) is 0 Å². The molecule has 1 N–H and O–H groups in total. The number of benzene rings is 1. The normalized spacial score (nSPS) is 22.2. The monoisotopic (exact) mass is 287 g/mol. The Morgan fingerprint density at radius 3 is 2.19 bits per heavy atom. The molecule has 1 aliphatic heterocycles. The SMILES string of the molecule is CC(NC1CCN(C2CC2)CC1)c1ccc(N(C)C)cc1. The van der Waals surface area contributed by atoms with Gasteiger partial charge in [0.25, 0.3) is 0 Å². The lowest BCUT2D eigenvalue weighted by Crippen LogP contribution is -2.44. The number of nitrogens with zero attached hydrogens (tertiary/aromatic N) is 2. The minimum Gasteiger partial charge on any atom is -0.378 e. The van der Waals surface area contributed by atoms with Crippen LogP contribution in [-0.4, -0.2) is 44.2 Å². The zero-order valence-electron chi connectivity index (χ0n) is 13.7. The van der Waals surface area contributed by atoms with Crippen molar-refractivity contribution in [3.8, 4) is 0 Å². The van der Waals surface area contributed by atoms with Crippen LogP contribution in [0.4, 0.5) is 5.69 Å². The van der Waals surface area contributed by atoms with E-state index in [1.54, 1.807) is 0 Å². The summed E-state index contributed by atoms with van der Waals surface area (Å²) in [6.45, 7) is 4.86. The van der Waals surface area contributed by atoms with Crippen molar-refractivity contribution in [1.29, 1.82) is 0 Å². The molecule has 116 valence electrons. The fraction of sp³-hybridized carbons (Fsp3) is 0.667. The van der Waals surface area contributed by atoms with Gasteiger partial charge in [-0.15, -0.1) is 0 Å². The van der Waals surface area contributed by atoms with Gasteiger partial charge in [-0.1, -0.05) is 12.1 Å². The van der Waals surface area contributed by atoms with Gasteiger partial charge in [-0.2, -0.15) is 0 Å². The summed E-state index contributed by atoms with van der Waals surface area (Å²) in [5.74, 6) is 0. The van der Waals surface area contributed by atoms with Crippen LogP contribution in [0.15, 0.2) is 24.3 Å². The minimum absolute atomic E-state index is 0.443. The Hall–Kier alpha value is -1.06. The number of hydrogen-bond donors (Lipinski definition) is 1. The van der Waals surface area contributed by atoms with Gasteiger partial charge in [0.2, 0.25) is 0 Å². The lowest BCUT2D eigenvalue weighted by molar-refractivity contribution is 0.184. The molecule has 1 saturated heterocycles. The fourth-order valence-corrected chi connectivity index (χ4v) is 3.38. The standard InChI is InChI=1S/C18H29N3/c1-14(15-4-6-17(7-5-15)20(2)3)19-16-10-12-21(13-11-16)18-8-9-18/h4-7,14,16,18-19H,8-13H2,1-3H3. The summed E-state index contributed by atoms with van der Waals surface area (Å²) in [4.78, 5) is 4.84. The number of rotatable bonds is 5. The summed E-state index contributed by atoms with van der Waals surface area (Å²) in [5, 5.41) is 3.82. The number of nitrogens with one attached hydrogen (secondary N) is 1. The van der Waals surface area contributed by atoms with Crippen molar-refractivity contribution in [3.63, 3.8) is 0 Å². The van der Waals surface area contributed by atoms with Gasteiger partial charge in [-0.3, -0.25) is 0 Å². The van der Waals surface area contributed by atoms with Crippen LogP contribution in [0.1, 0.15) is 44.2 Å². The molecule has 3 rings (SSSR count). The molecule has 0 amide bonds. The van der Waals surface area contributed by atoms with Crippen molar-refractivity contribution in [2.24, 2.45) is 0 Å². The van der Waals surface area contributed by atoms with E-state index < -0.39 is 0 Å². The van der Waals surface area contributed by atoms with Crippen molar-refractivity contribution < 1.29 is 0 Å². The van der Waals surface area contributed by atoms with Crippen LogP contribution >= 0.6 is 0 Å². The van der Waals surface area contributed by atoms with Crippen molar-refractivity contribution in [1.82, 2.24) is 10.2 Å². The molecule has 1 heterocycles. The Morgan fingerprint density at radius 2 is 1.67 bits per heavy atom. The lowest BCUT2D eigenvalue weighted by atomic mass is 10.0. The highest BCUT2D eigenvalue weighted by Crippen LogP contribution is 2.29. The third-order valence-electron chi connectivity index (χ3n) is 4.99. The largest absolute Gasteiger partial charge is 0.378 e. The van der Waals surface area contributed by atoms with Crippen LogP contribution in [0, 0.1) is 0 Å². The first kappa shape index (κ1) is 14.9. The van der Waals surface area contributed by atoms with E-state index in [4.69, 9.17) is 0 Å². The first-order valence-electron chi connectivity index (χ1n) is 8.41. The van der Waals surface area contributed by atoms with Crippen LogP contribution in [0.25, 0.3) is 0 Å². The molecule has 1 aromatic rings. The highest BCUT2D eigenvalue weighted by molar-refractivity contribution is 5.46.